The molecule has 1 atom stereocenters. The van der Waals surface area contributed by atoms with Gasteiger partial charge in [0, 0.05) is 5.56 Å². The average Bonchev–Trinajstić information content (AvgIpc) is 2.39. The molecule has 0 aromatic heterocycles. The van der Waals surface area contributed by atoms with Gasteiger partial charge in [-0.25, -0.2) is 4.39 Å². The number of aryl methyl sites for hydroxylation is 2. The van der Waals surface area contributed by atoms with E-state index >= 15 is 0 Å². The van der Waals surface area contributed by atoms with E-state index in [-0.39, 0.29) is 11.9 Å². The first kappa shape index (κ1) is 13.7. The molecule has 2 aromatic rings. The van der Waals surface area contributed by atoms with Crippen molar-refractivity contribution >= 4 is 0 Å². The van der Waals surface area contributed by atoms with Crippen LogP contribution in [0.25, 0.3) is 0 Å². The average molecular weight is 258 g/mol. The Morgan fingerprint density at radius 1 is 1.05 bits per heavy atom. The molecule has 1 unspecified atom stereocenters. The summed E-state index contributed by atoms with van der Waals surface area (Å²) in [5.41, 5.74) is 6.56. The van der Waals surface area contributed by atoms with Crippen LogP contribution in [0.15, 0.2) is 42.5 Å². The highest BCUT2D eigenvalue weighted by atomic mass is 19.1. The Bertz CT molecular complexity index is 549. The van der Waals surface area contributed by atoms with E-state index in [4.69, 9.17) is 5.84 Å². The number of hydrogen-bond donors (Lipinski definition) is 2. The topological polar surface area (TPSA) is 38.0 Å². The number of hydrazine groups is 1. The molecule has 19 heavy (non-hydrogen) atoms. The van der Waals surface area contributed by atoms with Crippen molar-refractivity contribution in [2.75, 3.05) is 0 Å². The van der Waals surface area contributed by atoms with Crippen molar-refractivity contribution in [1.82, 2.24) is 5.43 Å². The molecule has 0 fully saturated rings. The van der Waals surface area contributed by atoms with Crippen LogP contribution in [-0.4, -0.2) is 0 Å². The van der Waals surface area contributed by atoms with Crippen LogP contribution in [-0.2, 0) is 6.42 Å². The number of hydrogen-bond acceptors (Lipinski definition) is 2. The maximum Gasteiger partial charge on any atom is 0.128 e. The second-order valence-corrected chi connectivity index (χ2v) is 4.93. The Balaban J connectivity index is 2.22. The van der Waals surface area contributed by atoms with Crippen LogP contribution in [0, 0.1) is 19.7 Å². The highest BCUT2D eigenvalue weighted by Crippen LogP contribution is 2.21. The summed E-state index contributed by atoms with van der Waals surface area (Å²) in [5.74, 6) is 5.36. The van der Waals surface area contributed by atoms with E-state index in [1.807, 2.05) is 32.0 Å². The lowest BCUT2D eigenvalue weighted by atomic mass is 9.97. The van der Waals surface area contributed by atoms with Gasteiger partial charge in [0.25, 0.3) is 0 Å². The number of halogens is 1. The summed E-state index contributed by atoms with van der Waals surface area (Å²) in [6, 6.07) is 13.2. The molecule has 0 aliphatic rings. The molecule has 0 saturated heterocycles. The van der Waals surface area contributed by atoms with Crippen molar-refractivity contribution in [3.63, 3.8) is 0 Å². The van der Waals surface area contributed by atoms with E-state index in [1.165, 1.54) is 11.6 Å². The normalized spacial score (nSPS) is 12.4. The Labute approximate surface area is 113 Å². The number of nitrogens with one attached hydrogen (secondary N) is 1. The van der Waals surface area contributed by atoms with Gasteiger partial charge in [0.15, 0.2) is 0 Å². The van der Waals surface area contributed by atoms with Gasteiger partial charge >= 0.3 is 0 Å². The second kappa shape index (κ2) is 5.95. The standard InChI is InChI=1S/C16H19FN2/c1-11-3-6-13(7-4-11)10-16(19-18)14-8-5-12(2)9-15(14)17/h3-9,16,19H,10,18H2,1-2H3. The molecule has 3 heteroatoms. The Morgan fingerprint density at radius 2 is 1.68 bits per heavy atom. The number of benzene rings is 2. The minimum atomic E-state index is -0.219. The van der Waals surface area contributed by atoms with E-state index in [9.17, 15) is 4.39 Å². The van der Waals surface area contributed by atoms with Gasteiger partial charge in [0.05, 0.1) is 6.04 Å². The molecule has 0 bridgehead atoms. The van der Waals surface area contributed by atoms with Gasteiger partial charge in [0.2, 0.25) is 0 Å². The molecular weight excluding hydrogens is 239 g/mol. The van der Waals surface area contributed by atoms with Crippen molar-refractivity contribution in [3.05, 3.63) is 70.5 Å². The minimum Gasteiger partial charge on any atom is -0.271 e. The number of nitrogens with two attached hydrogens (primary N) is 1. The first-order chi connectivity index (χ1) is 9.10. The highest BCUT2D eigenvalue weighted by molar-refractivity contribution is 5.29. The molecule has 0 heterocycles. The van der Waals surface area contributed by atoms with Crippen LogP contribution in [0.2, 0.25) is 0 Å². The minimum absolute atomic E-state index is 0.213. The lowest BCUT2D eigenvalue weighted by Gasteiger charge is -2.17. The molecule has 0 radical (unpaired) electrons. The molecule has 2 aromatic carbocycles. The molecular formula is C16H19FN2. The summed E-state index contributed by atoms with van der Waals surface area (Å²) >= 11 is 0. The molecule has 100 valence electrons. The van der Waals surface area contributed by atoms with E-state index in [0.29, 0.717) is 12.0 Å². The second-order valence-electron chi connectivity index (χ2n) is 4.93. The number of rotatable bonds is 4. The van der Waals surface area contributed by atoms with Gasteiger partial charge in [-0.2, -0.15) is 0 Å². The van der Waals surface area contributed by atoms with Crippen molar-refractivity contribution < 1.29 is 4.39 Å². The fourth-order valence-corrected chi connectivity index (χ4v) is 2.13. The molecule has 0 aliphatic heterocycles. The van der Waals surface area contributed by atoms with Crippen LogP contribution in [0.4, 0.5) is 4.39 Å². The predicted molar refractivity (Wildman–Crippen MR) is 76.1 cm³/mol. The maximum atomic E-state index is 14.0. The summed E-state index contributed by atoms with van der Waals surface area (Å²) < 4.78 is 14.0. The van der Waals surface area contributed by atoms with E-state index in [0.717, 1.165) is 11.1 Å². The van der Waals surface area contributed by atoms with Crippen LogP contribution in [0.1, 0.15) is 28.3 Å². The third-order valence-electron chi connectivity index (χ3n) is 3.29. The monoisotopic (exact) mass is 258 g/mol. The van der Waals surface area contributed by atoms with Crippen LogP contribution < -0.4 is 11.3 Å². The molecule has 0 amide bonds. The van der Waals surface area contributed by atoms with Crippen LogP contribution in [0.5, 0.6) is 0 Å². The third-order valence-corrected chi connectivity index (χ3v) is 3.29. The van der Waals surface area contributed by atoms with Crippen molar-refractivity contribution in [1.29, 1.82) is 0 Å². The molecule has 0 spiro atoms. The first-order valence-electron chi connectivity index (χ1n) is 6.38. The fourth-order valence-electron chi connectivity index (χ4n) is 2.13. The highest BCUT2D eigenvalue weighted by Gasteiger charge is 2.14. The van der Waals surface area contributed by atoms with Gasteiger partial charge in [-0.15, -0.1) is 0 Å². The summed E-state index contributed by atoms with van der Waals surface area (Å²) in [7, 11) is 0. The third kappa shape index (κ3) is 3.40. The smallest absolute Gasteiger partial charge is 0.128 e. The lowest BCUT2D eigenvalue weighted by Crippen LogP contribution is -2.30. The predicted octanol–water partition coefficient (Wildman–Crippen LogP) is 3.19. The largest absolute Gasteiger partial charge is 0.271 e. The Kier molecular flexibility index (Phi) is 4.30. The van der Waals surface area contributed by atoms with Gasteiger partial charge in [-0.1, -0.05) is 42.0 Å². The van der Waals surface area contributed by atoms with E-state index in [1.54, 1.807) is 6.07 Å². The summed E-state index contributed by atoms with van der Waals surface area (Å²) in [5, 5.41) is 0. The SMILES string of the molecule is Cc1ccc(CC(NN)c2ccc(C)cc2F)cc1. The van der Waals surface area contributed by atoms with Crippen molar-refractivity contribution in [2.24, 2.45) is 5.84 Å². The van der Waals surface area contributed by atoms with Crippen LogP contribution >= 0.6 is 0 Å². The zero-order valence-electron chi connectivity index (χ0n) is 11.3. The Hall–Kier alpha value is -1.71. The van der Waals surface area contributed by atoms with Gasteiger partial charge in [0.1, 0.15) is 5.82 Å². The van der Waals surface area contributed by atoms with E-state index < -0.39 is 0 Å². The van der Waals surface area contributed by atoms with Crippen molar-refractivity contribution in [2.45, 2.75) is 26.3 Å². The summed E-state index contributed by atoms with van der Waals surface area (Å²) in [6.07, 6.45) is 0.663. The summed E-state index contributed by atoms with van der Waals surface area (Å²) in [4.78, 5) is 0. The summed E-state index contributed by atoms with van der Waals surface area (Å²) in [6.45, 7) is 3.92. The molecule has 0 aliphatic carbocycles. The van der Waals surface area contributed by atoms with E-state index in [2.05, 4.69) is 17.6 Å². The van der Waals surface area contributed by atoms with Gasteiger partial charge in [-0.05, 0) is 37.5 Å². The first-order valence-corrected chi connectivity index (χ1v) is 6.38. The maximum absolute atomic E-state index is 14.0. The molecule has 3 N–H and O–H groups in total. The zero-order valence-corrected chi connectivity index (χ0v) is 11.3. The quantitative estimate of drug-likeness (QED) is 0.653. The van der Waals surface area contributed by atoms with Gasteiger partial charge < -0.3 is 0 Å². The van der Waals surface area contributed by atoms with Gasteiger partial charge in [-0.3, -0.25) is 11.3 Å². The molecule has 2 rings (SSSR count). The fraction of sp³-hybridized carbons (Fsp3) is 0.250. The molecule has 0 saturated carbocycles. The van der Waals surface area contributed by atoms with Crippen LogP contribution in [0.3, 0.4) is 0 Å². The lowest BCUT2D eigenvalue weighted by molar-refractivity contribution is 0.510. The Morgan fingerprint density at radius 3 is 2.26 bits per heavy atom. The molecule has 2 nitrogen and oxygen atoms in total. The zero-order chi connectivity index (χ0) is 13.8. The van der Waals surface area contributed by atoms with Crippen molar-refractivity contribution in [3.8, 4) is 0 Å².